The first kappa shape index (κ1) is 64.1. The Morgan fingerprint density at radius 3 is 0.910 bits per heavy atom. The third-order valence-electron chi connectivity index (χ3n) is 12.5. The molecule has 1 atom stereocenters. The predicted molar refractivity (Wildman–Crippen MR) is 288 cm³/mol. The molecule has 0 aromatic carbocycles. The highest BCUT2D eigenvalue weighted by atomic mass is 16.6. The summed E-state index contributed by atoms with van der Waals surface area (Å²) in [4.78, 5) is 37.9. The van der Waals surface area contributed by atoms with Crippen LogP contribution in [0.4, 0.5) is 0 Å². The average molecular weight is 938 g/mol. The van der Waals surface area contributed by atoms with Gasteiger partial charge in [-0.05, 0) is 64.2 Å². The van der Waals surface area contributed by atoms with E-state index in [4.69, 9.17) is 14.2 Å². The Morgan fingerprint density at radius 1 is 0.313 bits per heavy atom. The number of hydrogen-bond acceptors (Lipinski definition) is 6. The maximum atomic E-state index is 12.8. The van der Waals surface area contributed by atoms with Gasteiger partial charge in [0, 0.05) is 19.3 Å². The molecular formula is C61H108O6. The fourth-order valence-electron chi connectivity index (χ4n) is 8.24. The minimum absolute atomic E-state index is 0.0846. The molecule has 0 heterocycles. The number of unbranched alkanes of at least 4 members (excludes halogenated alkanes) is 31. The van der Waals surface area contributed by atoms with Gasteiger partial charge in [-0.2, -0.15) is 0 Å². The van der Waals surface area contributed by atoms with E-state index in [1.807, 2.05) is 0 Å². The zero-order valence-electron chi connectivity index (χ0n) is 44.4. The second-order valence-electron chi connectivity index (χ2n) is 19.2. The maximum absolute atomic E-state index is 12.8. The minimum atomic E-state index is -0.787. The van der Waals surface area contributed by atoms with Gasteiger partial charge >= 0.3 is 17.9 Å². The first-order valence-corrected chi connectivity index (χ1v) is 28.8. The van der Waals surface area contributed by atoms with Gasteiger partial charge in [-0.1, -0.05) is 268 Å². The summed E-state index contributed by atoms with van der Waals surface area (Å²) in [5, 5.41) is 0. The molecule has 0 aliphatic rings. The highest BCUT2D eigenvalue weighted by Gasteiger charge is 2.19. The second-order valence-corrected chi connectivity index (χ2v) is 19.2. The number of hydrogen-bond donors (Lipinski definition) is 0. The van der Waals surface area contributed by atoms with Crippen molar-refractivity contribution in [2.45, 2.75) is 297 Å². The van der Waals surface area contributed by atoms with E-state index in [9.17, 15) is 14.4 Å². The van der Waals surface area contributed by atoms with Gasteiger partial charge in [-0.25, -0.2) is 0 Å². The molecule has 6 heteroatoms. The zero-order chi connectivity index (χ0) is 48.6. The molecule has 0 aromatic heterocycles. The van der Waals surface area contributed by atoms with E-state index in [0.717, 1.165) is 96.3 Å². The van der Waals surface area contributed by atoms with Crippen molar-refractivity contribution in [1.82, 2.24) is 0 Å². The molecule has 0 fully saturated rings. The molecule has 1 unspecified atom stereocenters. The normalized spacial score (nSPS) is 12.5. The van der Waals surface area contributed by atoms with Crippen LogP contribution in [-0.4, -0.2) is 37.2 Å². The number of carbonyl (C=O) groups excluding carboxylic acids is 3. The third kappa shape index (κ3) is 53.9. The molecule has 67 heavy (non-hydrogen) atoms. The van der Waals surface area contributed by atoms with Crippen LogP contribution in [0, 0.1) is 0 Å². The molecule has 0 bridgehead atoms. The lowest BCUT2D eigenvalue weighted by atomic mass is 10.0. The summed E-state index contributed by atoms with van der Waals surface area (Å²) in [6, 6.07) is 0. The lowest BCUT2D eigenvalue weighted by Gasteiger charge is -2.18. The average Bonchev–Trinajstić information content (AvgIpc) is 3.33. The Kier molecular flexibility index (Phi) is 53.3. The summed E-state index contributed by atoms with van der Waals surface area (Å²) >= 11 is 0. The van der Waals surface area contributed by atoms with E-state index < -0.39 is 6.10 Å². The van der Waals surface area contributed by atoms with Crippen LogP contribution in [0.2, 0.25) is 0 Å². The Balaban J connectivity index is 4.20. The molecule has 0 amide bonds. The van der Waals surface area contributed by atoms with Gasteiger partial charge in [0.2, 0.25) is 0 Å². The van der Waals surface area contributed by atoms with Crippen LogP contribution < -0.4 is 0 Å². The topological polar surface area (TPSA) is 78.9 Å². The molecule has 6 nitrogen and oxygen atoms in total. The molecule has 0 aliphatic carbocycles. The summed E-state index contributed by atoms with van der Waals surface area (Å²) in [6.45, 7) is 6.48. The number of ether oxygens (including phenoxy) is 3. The van der Waals surface area contributed by atoms with Crippen molar-refractivity contribution < 1.29 is 28.6 Å². The van der Waals surface area contributed by atoms with Crippen LogP contribution in [0.25, 0.3) is 0 Å². The Bertz CT molecular complexity index is 1210. The molecular weight excluding hydrogens is 829 g/mol. The van der Waals surface area contributed by atoms with E-state index in [1.165, 1.54) is 154 Å². The number of rotatable bonds is 52. The first-order chi connectivity index (χ1) is 33.0. The molecule has 0 rings (SSSR count). The number of esters is 3. The molecule has 0 aliphatic heterocycles. The van der Waals surface area contributed by atoms with Gasteiger partial charge in [0.1, 0.15) is 13.2 Å². The molecule has 0 N–H and O–H groups in total. The second kappa shape index (κ2) is 55.7. The van der Waals surface area contributed by atoms with Crippen LogP contribution in [0.1, 0.15) is 290 Å². The molecule has 0 radical (unpaired) electrons. The van der Waals surface area contributed by atoms with Crippen LogP contribution in [0.5, 0.6) is 0 Å². The van der Waals surface area contributed by atoms with Gasteiger partial charge in [0.15, 0.2) is 6.10 Å². The maximum Gasteiger partial charge on any atom is 0.306 e. The monoisotopic (exact) mass is 937 g/mol. The highest BCUT2D eigenvalue weighted by Crippen LogP contribution is 2.17. The molecule has 0 spiro atoms. The van der Waals surface area contributed by atoms with Crippen LogP contribution in [0.15, 0.2) is 60.8 Å². The fourth-order valence-corrected chi connectivity index (χ4v) is 8.24. The molecule has 0 saturated heterocycles. The van der Waals surface area contributed by atoms with Crippen LogP contribution in [0.3, 0.4) is 0 Å². The fraction of sp³-hybridized carbons (Fsp3) is 0.787. The Labute approximate surface area is 415 Å². The van der Waals surface area contributed by atoms with Gasteiger partial charge in [0.05, 0.1) is 0 Å². The van der Waals surface area contributed by atoms with E-state index >= 15 is 0 Å². The smallest absolute Gasteiger partial charge is 0.306 e. The van der Waals surface area contributed by atoms with Crippen LogP contribution in [-0.2, 0) is 28.6 Å². The van der Waals surface area contributed by atoms with Crippen molar-refractivity contribution in [3.63, 3.8) is 0 Å². The van der Waals surface area contributed by atoms with E-state index in [2.05, 4.69) is 81.5 Å². The third-order valence-corrected chi connectivity index (χ3v) is 12.5. The standard InChI is InChI=1S/C61H108O6/c1-4-7-10-13-16-18-20-22-24-26-28-29-30-31-33-34-36-38-40-42-45-48-51-54-60(63)66-57-58(56-65-59(62)53-50-47-44-15-12-9-6-3)67-61(64)55-52-49-46-43-41-39-37-35-32-27-25-23-21-19-17-14-11-8-5-2/h8,11,17,19,23,25,32,35,39,41,58H,4-7,9-10,12-16,18,20-22,24,26-31,33-34,36-38,40,42-57H2,1-3H3/b11-8-,19-17-,25-23-,35-32-,41-39-. The van der Waals surface area contributed by atoms with Crippen LogP contribution >= 0.6 is 0 Å². The SMILES string of the molecule is CC/C=C\C/C=C\C/C=C\C/C=C\C/C=C\CCCCCC(=O)OC(COC(=O)CCCCCCCCC)COC(=O)CCCCCCCCCCCCCCCCCCCCCCCCC. The van der Waals surface area contributed by atoms with Crippen molar-refractivity contribution in [2.75, 3.05) is 13.2 Å². The van der Waals surface area contributed by atoms with E-state index in [1.54, 1.807) is 0 Å². The van der Waals surface area contributed by atoms with Gasteiger partial charge in [-0.3, -0.25) is 14.4 Å². The molecule has 0 aromatic rings. The molecule has 0 saturated carbocycles. The van der Waals surface area contributed by atoms with E-state index in [0.29, 0.717) is 19.3 Å². The summed E-state index contributed by atoms with van der Waals surface area (Å²) in [7, 11) is 0. The van der Waals surface area contributed by atoms with Gasteiger partial charge < -0.3 is 14.2 Å². The van der Waals surface area contributed by atoms with E-state index in [-0.39, 0.29) is 31.1 Å². The number of allylic oxidation sites excluding steroid dienone is 10. The van der Waals surface area contributed by atoms with Crippen molar-refractivity contribution in [1.29, 1.82) is 0 Å². The quantitative estimate of drug-likeness (QED) is 0.0262. The van der Waals surface area contributed by atoms with Crippen molar-refractivity contribution in [3.8, 4) is 0 Å². The highest BCUT2D eigenvalue weighted by molar-refractivity contribution is 5.71. The summed E-state index contributed by atoms with van der Waals surface area (Å²) in [5.41, 5.74) is 0. The minimum Gasteiger partial charge on any atom is -0.462 e. The van der Waals surface area contributed by atoms with Gasteiger partial charge in [0.25, 0.3) is 0 Å². The van der Waals surface area contributed by atoms with Crippen molar-refractivity contribution >= 4 is 17.9 Å². The summed E-state index contributed by atoms with van der Waals surface area (Å²) in [6.07, 6.45) is 69.6. The Morgan fingerprint density at radius 2 is 0.582 bits per heavy atom. The lowest BCUT2D eigenvalue weighted by molar-refractivity contribution is -0.167. The zero-order valence-corrected chi connectivity index (χ0v) is 44.4. The Hall–Kier alpha value is -2.89. The summed E-state index contributed by atoms with van der Waals surface area (Å²) < 4.78 is 16.8. The van der Waals surface area contributed by atoms with Gasteiger partial charge in [-0.15, -0.1) is 0 Å². The van der Waals surface area contributed by atoms with Crippen molar-refractivity contribution in [3.05, 3.63) is 60.8 Å². The lowest BCUT2D eigenvalue weighted by Crippen LogP contribution is -2.30. The number of carbonyl (C=O) groups is 3. The first-order valence-electron chi connectivity index (χ1n) is 28.8. The summed E-state index contributed by atoms with van der Waals surface area (Å²) in [5.74, 6) is -0.913. The predicted octanol–water partition coefficient (Wildman–Crippen LogP) is 19.2. The molecule has 388 valence electrons. The van der Waals surface area contributed by atoms with Crippen molar-refractivity contribution in [2.24, 2.45) is 0 Å². The largest absolute Gasteiger partial charge is 0.462 e.